The van der Waals surface area contributed by atoms with Gasteiger partial charge in [-0.05, 0) is 23.6 Å². The molecule has 2 N–H and O–H groups in total. The van der Waals surface area contributed by atoms with Gasteiger partial charge in [0.15, 0.2) is 18.1 Å². The summed E-state index contributed by atoms with van der Waals surface area (Å²) in [5.74, 6) is -0.184. The van der Waals surface area contributed by atoms with E-state index in [0.29, 0.717) is 12.2 Å². The largest absolute Gasteiger partial charge is 0.504 e. The van der Waals surface area contributed by atoms with E-state index in [2.05, 4.69) is 5.32 Å². The Morgan fingerprint density at radius 2 is 2.05 bits per heavy atom. The van der Waals surface area contributed by atoms with E-state index < -0.39 is 0 Å². The number of rotatable bonds is 7. The zero-order valence-electron chi connectivity index (χ0n) is 12.5. The Kier molecular flexibility index (Phi) is 6.52. The van der Waals surface area contributed by atoms with Crippen LogP contribution in [0.5, 0.6) is 11.5 Å². The molecule has 0 aromatic heterocycles. The van der Waals surface area contributed by atoms with Crippen LogP contribution in [0.25, 0.3) is 0 Å². The number of aromatic hydroxyl groups is 1. The minimum absolute atomic E-state index is 0.0372. The Morgan fingerprint density at radius 3 is 2.67 bits per heavy atom. The van der Waals surface area contributed by atoms with E-state index in [0.717, 1.165) is 5.56 Å². The fourth-order valence-electron chi connectivity index (χ4n) is 1.62. The number of nitrogens with one attached hydrogen (secondary N) is 1. The summed E-state index contributed by atoms with van der Waals surface area (Å²) in [6.07, 6.45) is 0.294. The van der Waals surface area contributed by atoms with Crippen LogP contribution in [0.1, 0.15) is 25.8 Å². The second-order valence-electron chi connectivity index (χ2n) is 5.04. The predicted octanol–water partition coefficient (Wildman–Crippen LogP) is 1.61. The third-order valence-electron chi connectivity index (χ3n) is 2.67. The third-order valence-corrected chi connectivity index (χ3v) is 2.67. The molecule has 0 saturated carbocycles. The number of hydrogen-bond acceptors (Lipinski definition) is 5. The van der Waals surface area contributed by atoms with Gasteiger partial charge in [-0.25, -0.2) is 0 Å². The highest BCUT2D eigenvalue weighted by Gasteiger charge is 2.09. The third kappa shape index (κ3) is 6.16. The summed E-state index contributed by atoms with van der Waals surface area (Å²) in [5.41, 5.74) is 0.770. The monoisotopic (exact) mass is 295 g/mol. The Bertz CT molecular complexity index is 499. The summed E-state index contributed by atoms with van der Waals surface area (Å²) in [7, 11) is 1.45. The Hall–Kier alpha value is -2.24. The molecule has 116 valence electrons. The van der Waals surface area contributed by atoms with Gasteiger partial charge in [0.1, 0.15) is 0 Å². The van der Waals surface area contributed by atoms with Gasteiger partial charge >= 0.3 is 5.97 Å². The van der Waals surface area contributed by atoms with Crippen LogP contribution in [0.2, 0.25) is 0 Å². The molecule has 1 rings (SSSR count). The molecule has 0 atom stereocenters. The summed E-state index contributed by atoms with van der Waals surface area (Å²) in [4.78, 5) is 22.9. The van der Waals surface area contributed by atoms with Crippen LogP contribution in [-0.2, 0) is 20.9 Å². The maximum Gasteiger partial charge on any atom is 0.306 e. The maximum atomic E-state index is 11.6. The van der Waals surface area contributed by atoms with Gasteiger partial charge in [0.05, 0.1) is 7.11 Å². The van der Waals surface area contributed by atoms with E-state index in [4.69, 9.17) is 9.47 Å². The van der Waals surface area contributed by atoms with Crippen molar-refractivity contribution in [1.29, 1.82) is 0 Å². The molecule has 0 saturated heterocycles. The molecule has 6 nitrogen and oxygen atoms in total. The van der Waals surface area contributed by atoms with E-state index >= 15 is 0 Å². The Morgan fingerprint density at radius 1 is 1.33 bits per heavy atom. The van der Waals surface area contributed by atoms with Crippen LogP contribution in [0.3, 0.4) is 0 Å². The number of benzene rings is 1. The molecule has 0 aliphatic heterocycles. The first-order valence-corrected chi connectivity index (χ1v) is 6.70. The maximum absolute atomic E-state index is 11.6. The fourth-order valence-corrected chi connectivity index (χ4v) is 1.62. The minimum atomic E-state index is -0.383. The van der Waals surface area contributed by atoms with Crippen LogP contribution in [-0.4, -0.2) is 30.7 Å². The summed E-state index contributed by atoms with van der Waals surface area (Å²) >= 11 is 0. The molecule has 0 aliphatic carbocycles. The number of methoxy groups -OCH3 is 1. The van der Waals surface area contributed by atoms with Crippen LogP contribution in [0.15, 0.2) is 18.2 Å². The molecular formula is C15H21NO5. The van der Waals surface area contributed by atoms with Gasteiger partial charge in [-0.2, -0.15) is 0 Å². The highest BCUT2D eigenvalue weighted by Crippen LogP contribution is 2.26. The highest BCUT2D eigenvalue weighted by atomic mass is 16.5. The molecule has 0 fully saturated rings. The molecular weight excluding hydrogens is 274 g/mol. The van der Waals surface area contributed by atoms with Gasteiger partial charge in [-0.3, -0.25) is 9.59 Å². The van der Waals surface area contributed by atoms with E-state index in [1.165, 1.54) is 13.2 Å². The van der Waals surface area contributed by atoms with E-state index in [1.807, 2.05) is 13.8 Å². The van der Waals surface area contributed by atoms with Crippen LogP contribution in [0, 0.1) is 5.92 Å². The van der Waals surface area contributed by atoms with Crippen molar-refractivity contribution in [1.82, 2.24) is 5.32 Å². The predicted molar refractivity (Wildman–Crippen MR) is 76.9 cm³/mol. The number of carbonyl (C=O) groups excluding carboxylic acids is 2. The smallest absolute Gasteiger partial charge is 0.306 e. The van der Waals surface area contributed by atoms with Gasteiger partial charge in [-0.15, -0.1) is 0 Å². The Labute approximate surface area is 124 Å². The summed E-state index contributed by atoms with van der Waals surface area (Å²) in [6, 6.07) is 4.78. The van der Waals surface area contributed by atoms with Gasteiger partial charge in [-0.1, -0.05) is 19.9 Å². The number of phenolic OH excluding ortho intramolecular Hbond substituents is 1. The lowest BCUT2D eigenvalue weighted by molar-refractivity contribution is -0.149. The lowest BCUT2D eigenvalue weighted by Crippen LogP contribution is -2.28. The first kappa shape index (κ1) is 16.8. The van der Waals surface area contributed by atoms with E-state index in [9.17, 15) is 14.7 Å². The van der Waals surface area contributed by atoms with Gasteiger partial charge < -0.3 is 19.9 Å². The zero-order valence-corrected chi connectivity index (χ0v) is 12.5. The molecule has 0 radical (unpaired) electrons. The van der Waals surface area contributed by atoms with Crippen molar-refractivity contribution in [2.24, 2.45) is 5.92 Å². The molecule has 0 heterocycles. The normalized spacial score (nSPS) is 10.3. The van der Waals surface area contributed by atoms with Crippen LogP contribution < -0.4 is 10.1 Å². The van der Waals surface area contributed by atoms with Gasteiger partial charge in [0, 0.05) is 13.0 Å². The minimum Gasteiger partial charge on any atom is -0.504 e. The number of esters is 1. The quantitative estimate of drug-likeness (QED) is 0.746. The molecule has 6 heteroatoms. The fraction of sp³-hybridized carbons (Fsp3) is 0.467. The summed E-state index contributed by atoms with van der Waals surface area (Å²) < 4.78 is 9.83. The highest BCUT2D eigenvalue weighted by molar-refractivity contribution is 5.80. The number of amides is 1. The van der Waals surface area contributed by atoms with Crippen molar-refractivity contribution in [3.63, 3.8) is 0 Å². The van der Waals surface area contributed by atoms with Crippen molar-refractivity contribution in [3.8, 4) is 11.5 Å². The summed E-state index contributed by atoms with van der Waals surface area (Å²) in [5, 5.41) is 12.1. The molecule has 21 heavy (non-hydrogen) atoms. The molecule has 0 spiro atoms. The van der Waals surface area contributed by atoms with Crippen molar-refractivity contribution in [2.75, 3.05) is 13.7 Å². The van der Waals surface area contributed by atoms with Gasteiger partial charge in [0.2, 0.25) is 0 Å². The van der Waals surface area contributed by atoms with Crippen molar-refractivity contribution in [2.45, 2.75) is 26.8 Å². The van der Waals surface area contributed by atoms with Crippen molar-refractivity contribution >= 4 is 11.9 Å². The number of carbonyl (C=O) groups is 2. The molecule has 1 aromatic rings. The second kappa shape index (κ2) is 8.14. The number of ether oxygens (including phenoxy) is 2. The molecule has 1 amide bonds. The van der Waals surface area contributed by atoms with Crippen molar-refractivity contribution in [3.05, 3.63) is 23.8 Å². The lowest BCUT2D eigenvalue weighted by atomic mass is 10.1. The standard InChI is InChI=1S/C15H21NO5/c1-10(2)6-15(19)21-9-14(18)16-8-11-4-5-12(17)13(7-11)20-3/h4-5,7,10,17H,6,8-9H2,1-3H3,(H,16,18). The zero-order chi connectivity index (χ0) is 15.8. The number of phenols is 1. The molecule has 1 aromatic carbocycles. The van der Waals surface area contributed by atoms with Crippen molar-refractivity contribution < 1.29 is 24.2 Å². The molecule has 0 bridgehead atoms. The van der Waals surface area contributed by atoms with E-state index in [1.54, 1.807) is 12.1 Å². The van der Waals surface area contributed by atoms with E-state index in [-0.39, 0.29) is 36.7 Å². The molecule has 0 aliphatic rings. The van der Waals surface area contributed by atoms with Crippen LogP contribution in [0.4, 0.5) is 0 Å². The lowest BCUT2D eigenvalue weighted by Gasteiger charge is -2.09. The SMILES string of the molecule is COc1cc(CNC(=O)COC(=O)CC(C)C)ccc1O. The van der Waals surface area contributed by atoms with Gasteiger partial charge in [0.25, 0.3) is 5.91 Å². The second-order valence-corrected chi connectivity index (χ2v) is 5.04. The summed E-state index contributed by atoms with van der Waals surface area (Å²) in [6.45, 7) is 3.77. The topological polar surface area (TPSA) is 84.9 Å². The van der Waals surface area contributed by atoms with Crippen LogP contribution >= 0.6 is 0 Å². The first-order valence-electron chi connectivity index (χ1n) is 6.70. The average Bonchev–Trinajstić information content (AvgIpc) is 2.43. The number of hydrogen-bond donors (Lipinski definition) is 2. The molecule has 0 unspecified atom stereocenters. The Balaban J connectivity index is 2.38. The first-order chi connectivity index (χ1) is 9.92. The average molecular weight is 295 g/mol.